The summed E-state index contributed by atoms with van der Waals surface area (Å²) in [5, 5.41) is 3.98. The lowest BCUT2D eigenvalue weighted by Gasteiger charge is -2.08. The summed E-state index contributed by atoms with van der Waals surface area (Å²) >= 11 is 3.39. The Kier molecular flexibility index (Phi) is 6.34. The van der Waals surface area contributed by atoms with E-state index >= 15 is 0 Å². The van der Waals surface area contributed by atoms with Crippen LogP contribution in [0, 0.1) is 6.92 Å². The van der Waals surface area contributed by atoms with E-state index in [1.165, 1.54) is 6.21 Å². The quantitative estimate of drug-likeness (QED) is 0.271. The molecule has 3 aromatic carbocycles. The molecule has 0 saturated carbocycles. The SMILES string of the molecule is Cc1cccc(C(=O)Oc2ccc(Br)cc2/C=N/NC(=O)c2ccccc2)c1. The van der Waals surface area contributed by atoms with Gasteiger partial charge < -0.3 is 4.74 Å². The first-order valence-electron chi connectivity index (χ1n) is 8.50. The van der Waals surface area contributed by atoms with E-state index in [1.54, 1.807) is 60.7 Å². The third kappa shape index (κ3) is 5.14. The summed E-state index contributed by atoms with van der Waals surface area (Å²) in [6.45, 7) is 1.91. The van der Waals surface area contributed by atoms with Crippen LogP contribution >= 0.6 is 15.9 Å². The van der Waals surface area contributed by atoms with Crippen LogP contribution in [0.4, 0.5) is 0 Å². The number of nitrogens with zero attached hydrogens (tertiary/aromatic N) is 1. The molecule has 0 radical (unpaired) electrons. The molecule has 0 saturated heterocycles. The monoisotopic (exact) mass is 436 g/mol. The van der Waals surface area contributed by atoms with Gasteiger partial charge in [0.15, 0.2) is 0 Å². The molecule has 28 heavy (non-hydrogen) atoms. The van der Waals surface area contributed by atoms with Gasteiger partial charge in [-0.25, -0.2) is 10.2 Å². The second-order valence-corrected chi connectivity index (χ2v) is 6.92. The molecular weight excluding hydrogens is 420 g/mol. The summed E-state index contributed by atoms with van der Waals surface area (Å²) in [5.74, 6) is -0.452. The lowest BCUT2D eigenvalue weighted by atomic mass is 10.1. The Labute approximate surface area is 171 Å². The molecular formula is C22H17BrN2O3. The Morgan fingerprint density at radius 2 is 1.71 bits per heavy atom. The third-order valence-corrected chi connectivity index (χ3v) is 4.33. The average molecular weight is 437 g/mol. The van der Waals surface area contributed by atoms with E-state index in [-0.39, 0.29) is 5.91 Å². The number of aryl methyl sites for hydroxylation is 1. The highest BCUT2D eigenvalue weighted by molar-refractivity contribution is 9.10. The molecule has 0 unspecified atom stereocenters. The zero-order valence-corrected chi connectivity index (χ0v) is 16.6. The van der Waals surface area contributed by atoms with Crippen molar-refractivity contribution in [1.29, 1.82) is 0 Å². The van der Waals surface area contributed by atoms with E-state index in [9.17, 15) is 9.59 Å². The number of hydrogen-bond donors (Lipinski definition) is 1. The van der Waals surface area contributed by atoms with Gasteiger partial charge in [-0.15, -0.1) is 0 Å². The number of esters is 1. The van der Waals surface area contributed by atoms with Crippen molar-refractivity contribution in [3.63, 3.8) is 0 Å². The minimum absolute atomic E-state index is 0.329. The molecule has 140 valence electrons. The van der Waals surface area contributed by atoms with Gasteiger partial charge in [0.2, 0.25) is 0 Å². The molecule has 0 aliphatic rings. The highest BCUT2D eigenvalue weighted by atomic mass is 79.9. The molecule has 0 fully saturated rings. The van der Waals surface area contributed by atoms with Crippen LogP contribution in [0.5, 0.6) is 5.75 Å². The topological polar surface area (TPSA) is 67.8 Å². The number of halogens is 1. The summed E-state index contributed by atoms with van der Waals surface area (Å²) in [7, 11) is 0. The fourth-order valence-electron chi connectivity index (χ4n) is 2.46. The number of rotatable bonds is 5. The van der Waals surface area contributed by atoms with Gasteiger partial charge in [0, 0.05) is 15.6 Å². The number of hydrogen-bond acceptors (Lipinski definition) is 4. The molecule has 0 aliphatic heterocycles. The molecule has 5 nitrogen and oxygen atoms in total. The molecule has 0 bridgehead atoms. The summed E-state index contributed by atoms with van der Waals surface area (Å²) < 4.78 is 6.31. The van der Waals surface area contributed by atoms with Gasteiger partial charge in [-0.3, -0.25) is 4.79 Å². The Bertz CT molecular complexity index is 1030. The maximum Gasteiger partial charge on any atom is 0.343 e. The van der Waals surface area contributed by atoms with Gasteiger partial charge in [-0.1, -0.05) is 51.8 Å². The number of amides is 1. The number of hydrazone groups is 1. The first kappa shape index (κ1) is 19.5. The molecule has 0 spiro atoms. The summed E-state index contributed by atoms with van der Waals surface area (Å²) in [6, 6.07) is 21.1. The molecule has 6 heteroatoms. The molecule has 3 rings (SSSR count). The molecule has 0 heterocycles. The third-order valence-electron chi connectivity index (χ3n) is 3.83. The maximum atomic E-state index is 12.4. The summed E-state index contributed by atoms with van der Waals surface area (Å²) in [4.78, 5) is 24.5. The number of benzene rings is 3. The first-order valence-corrected chi connectivity index (χ1v) is 9.29. The van der Waals surface area contributed by atoms with E-state index in [1.807, 2.05) is 19.1 Å². The Balaban J connectivity index is 1.75. The number of ether oxygens (including phenoxy) is 1. The zero-order chi connectivity index (χ0) is 19.9. The predicted molar refractivity (Wildman–Crippen MR) is 112 cm³/mol. The number of carbonyl (C=O) groups excluding carboxylic acids is 2. The van der Waals surface area contributed by atoms with Crippen molar-refractivity contribution >= 4 is 34.0 Å². The second-order valence-electron chi connectivity index (χ2n) is 6.01. The largest absolute Gasteiger partial charge is 0.422 e. The van der Waals surface area contributed by atoms with Crippen molar-refractivity contribution in [3.8, 4) is 5.75 Å². The van der Waals surface area contributed by atoms with Gasteiger partial charge >= 0.3 is 5.97 Å². The lowest BCUT2D eigenvalue weighted by Crippen LogP contribution is -2.17. The van der Waals surface area contributed by atoms with Crippen LogP contribution in [0.3, 0.4) is 0 Å². The van der Waals surface area contributed by atoms with Gasteiger partial charge in [-0.05, 0) is 49.4 Å². The Morgan fingerprint density at radius 3 is 2.46 bits per heavy atom. The predicted octanol–water partition coefficient (Wildman–Crippen LogP) is 4.74. The molecule has 0 aromatic heterocycles. The van der Waals surface area contributed by atoms with Crippen LogP contribution < -0.4 is 10.2 Å². The van der Waals surface area contributed by atoms with Crippen LogP contribution in [0.15, 0.2) is 82.4 Å². The highest BCUT2D eigenvalue weighted by Gasteiger charge is 2.12. The lowest BCUT2D eigenvalue weighted by molar-refractivity contribution is 0.0734. The first-order chi connectivity index (χ1) is 13.5. The zero-order valence-electron chi connectivity index (χ0n) is 15.1. The molecule has 3 aromatic rings. The van der Waals surface area contributed by atoms with E-state index in [4.69, 9.17) is 4.74 Å². The van der Waals surface area contributed by atoms with Crippen molar-refractivity contribution in [2.75, 3.05) is 0 Å². The number of carbonyl (C=O) groups is 2. The minimum Gasteiger partial charge on any atom is -0.422 e. The van der Waals surface area contributed by atoms with E-state index in [0.29, 0.717) is 22.4 Å². The average Bonchev–Trinajstić information content (AvgIpc) is 2.70. The minimum atomic E-state index is -0.464. The van der Waals surface area contributed by atoms with Crippen molar-refractivity contribution in [3.05, 3.63) is 99.5 Å². The van der Waals surface area contributed by atoms with Gasteiger partial charge in [-0.2, -0.15) is 5.10 Å². The molecule has 0 atom stereocenters. The van der Waals surface area contributed by atoms with Gasteiger partial charge in [0.05, 0.1) is 11.8 Å². The van der Waals surface area contributed by atoms with E-state index < -0.39 is 5.97 Å². The Hall–Kier alpha value is -3.25. The van der Waals surface area contributed by atoms with Crippen LogP contribution in [0.2, 0.25) is 0 Å². The van der Waals surface area contributed by atoms with Crippen LogP contribution in [0.25, 0.3) is 0 Å². The second kappa shape index (κ2) is 9.10. The van der Waals surface area contributed by atoms with Crippen LogP contribution in [-0.2, 0) is 0 Å². The molecule has 1 amide bonds. The van der Waals surface area contributed by atoms with Crippen LogP contribution in [-0.4, -0.2) is 18.1 Å². The van der Waals surface area contributed by atoms with Crippen molar-refractivity contribution in [1.82, 2.24) is 5.43 Å². The Morgan fingerprint density at radius 1 is 0.964 bits per heavy atom. The van der Waals surface area contributed by atoms with Crippen molar-refractivity contribution in [2.24, 2.45) is 5.10 Å². The molecule has 0 aliphatic carbocycles. The van der Waals surface area contributed by atoms with Crippen molar-refractivity contribution < 1.29 is 14.3 Å². The van der Waals surface area contributed by atoms with Crippen molar-refractivity contribution in [2.45, 2.75) is 6.92 Å². The smallest absolute Gasteiger partial charge is 0.343 e. The summed E-state index contributed by atoms with van der Waals surface area (Å²) in [5.41, 5.74) is 4.94. The summed E-state index contributed by atoms with van der Waals surface area (Å²) in [6.07, 6.45) is 1.43. The van der Waals surface area contributed by atoms with E-state index in [0.717, 1.165) is 10.0 Å². The molecule has 1 N–H and O–H groups in total. The highest BCUT2D eigenvalue weighted by Crippen LogP contribution is 2.23. The normalized spacial score (nSPS) is 10.6. The maximum absolute atomic E-state index is 12.4. The number of nitrogens with one attached hydrogen (secondary N) is 1. The van der Waals surface area contributed by atoms with Gasteiger partial charge in [0.25, 0.3) is 5.91 Å². The fourth-order valence-corrected chi connectivity index (χ4v) is 2.84. The fraction of sp³-hybridized carbons (Fsp3) is 0.0455. The standard InChI is InChI=1S/C22H17BrN2O3/c1-15-6-5-9-17(12-15)22(27)28-20-11-10-19(23)13-18(20)14-24-25-21(26)16-7-3-2-4-8-16/h2-14H,1H3,(H,25,26)/b24-14+. The van der Waals surface area contributed by atoms with Crippen LogP contribution in [0.1, 0.15) is 31.8 Å². The van der Waals surface area contributed by atoms with E-state index in [2.05, 4.69) is 26.5 Å². The van der Waals surface area contributed by atoms with Gasteiger partial charge in [0.1, 0.15) is 5.75 Å².